The molecule has 10 aromatic rings. The number of carbonyl (C=O) groups is 2. The number of nitrogens with zero attached hydrogens (tertiary/aromatic N) is 8. The summed E-state index contributed by atoms with van der Waals surface area (Å²) in [6, 6.07) is 16.0. The van der Waals surface area contributed by atoms with E-state index in [1.807, 2.05) is 27.7 Å². The predicted octanol–water partition coefficient (Wildman–Crippen LogP) is 15.8. The van der Waals surface area contributed by atoms with Crippen molar-refractivity contribution in [3.8, 4) is 34.5 Å². The molecule has 0 aliphatic carbocycles. The van der Waals surface area contributed by atoms with Gasteiger partial charge in [0.25, 0.3) is 12.9 Å². The lowest BCUT2D eigenvalue weighted by Gasteiger charge is -2.28. The van der Waals surface area contributed by atoms with Gasteiger partial charge in [0.2, 0.25) is 0 Å². The Hall–Kier alpha value is -9.04. The molecule has 2 aliphatic rings. The zero-order valence-electron chi connectivity index (χ0n) is 49.3. The van der Waals surface area contributed by atoms with Gasteiger partial charge in [-0.25, -0.2) is 73.4 Å². The third-order valence-corrected chi connectivity index (χ3v) is 17.1. The number of fused-ring (bicyclic) bond motifs is 2. The van der Waals surface area contributed by atoms with Crippen LogP contribution in [0.3, 0.4) is 0 Å². The van der Waals surface area contributed by atoms with Gasteiger partial charge in [0.15, 0.2) is 11.6 Å². The Kier molecular flexibility index (Phi) is 17.5. The quantitative estimate of drug-likeness (QED) is 0.0453. The summed E-state index contributed by atoms with van der Waals surface area (Å²) in [6.07, 6.45) is -3.58. The van der Waals surface area contributed by atoms with Crippen molar-refractivity contribution in [3.05, 3.63) is 211 Å². The fraction of sp³-hybridized carbons (Fsp3) is 0.273. The summed E-state index contributed by atoms with van der Waals surface area (Å²) in [5.74, 6) is -7.67. The van der Waals surface area contributed by atoms with Crippen molar-refractivity contribution in [1.82, 2.24) is 39.0 Å². The van der Waals surface area contributed by atoms with E-state index >= 15 is 17.6 Å². The molecule has 2 aliphatic heterocycles. The van der Waals surface area contributed by atoms with Crippen molar-refractivity contribution >= 4 is 57.2 Å². The number of hydrogen-bond donors (Lipinski definition) is 0. The summed E-state index contributed by atoms with van der Waals surface area (Å²) >= 11 is 13.7. The molecule has 15 nitrogen and oxygen atoms in total. The lowest BCUT2D eigenvalue weighted by molar-refractivity contribution is 0.0396. The number of alkyl halides is 4. The second-order valence-electron chi connectivity index (χ2n) is 23.7. The van der Waals surface area contributed by atoms with Gasteiger partial charge in [0, 0.05) is 79.5 Å². The summed E-state index contributed by atoms with van der Waals surface area (Å²) < 4.78 is 179. The van der Waals surface area contributed by atoms with Crippen LogP contribution in [0.1, 0.15) is 118 Å². The van der Waals surface area contributed by atoms with Crippen molar-refractivity contribution < 1.29 is 77.2 Å². The van der Waals surface area contributed by atoms with E-state index in [2.05, 4.69) is 29.9 Å². The minimum absolute atomic E-state index is 0.0271. The van der Waals surface area contributed by atoms with E-state index in [1.54, 1.807) is 9.13 Å². The Morgan fingerprint density at radius 3 is 1.30 bits per heavy atom. The maximum absolute atomic E-state index is 16.5. The fourth-order valence-electron chi connectivity index (χ4n) is 11.4. The topological polar surface area (TPSA) is 167 Å². The maximum Gasteiger partial charge on any atom is 0.346 e. The van der Waals surface area contributed by atoms with Crippen LogP contribution in [-0.4, -0.2) is 77.4 Å². The highest BCUT2D eigenvalue weighted by Gasteiger charge is 2.41. The van der Waals surface area contributed by atoms with Gasteiger partial charge in [0.05, 0.1) is 72.1 Å². The SMILES string of the molecule is CC1(C)COCC1n1c(Cc2cc(F)c(-c3ccnc(OCc4ccc(C(F)F)cc4F)n3)cc2Cl)nc2c(F)cc(C(=O)OC(=O)c3cc(F)c4nc(Cc5cc(F)c(-c6ccnc(OCc7ccc(C(F)F)cc7F)n6)cc5Cl)n(C5COCC5(C)C)c4c3)cc21. The predicted molar refractivity (Wildman–Crippen MR) is 318 cm³/mol. The van der Waals surface area contributed by atoms with Gasteiger partial charge in [-0.3, -0.25) is 0 Å². The molecule has 2 unspecified atom stereocenters. The van der Waals surface area contributed by atoms with Gasteiger partial charge in [-0.05, 0) is 83.9 Å². The van der Waals surface area contributed by atoms with Gasteiger partial charge in [-0.2, -0.15) is 9.97 Å². The molecule has 6 aromatic carbocycles. The molecule has 0 N–H and O–H groups in total. The molecule has 0 radical (unpaired) electrons. The van der Waals surface area contributed by atoms with Gasteiger partial charge >= 0.3 is 24.0 Å². The zero-order valence-corrected chi connectivity index (χ0v) is 50.8. The van der Waals surface area contributed by atoms with E-state index < -0.39 is 118 Å². The number of rotatable bonds is 18. The number of aromatic nitrogens is 8. The summed E-state index contributed by atoms with van der Waals surface area (Å²) in [4.78, 5) is 54.0. The fourth-order valence-corrected chi connectivity index (χ4v) is 11.8. The first-order chi connectivity index (χ1) is 44.3. The number of imidazole rings is 2. The smallest absolute Gasteiger partial charge is 0.346 e. The highest BCUT2D eigenvalue weighted by molar-refractivity contribution is 6.32. The normalized spacial score (nSPS) is 16.1. The molecule has 480 valence electrons. The van der Waals surface area contributed by atoms with Gasteiger partial charge in [-0.1, -0.05) is 75.2 Å². The molecule has 6 heterocycles. The number of benzene rings is 6. The summed E-state index contributed by atoms with van der Waals surface area (Å²) in [6.45, 7) is 7.52. The van der Waals surface area contributed by atoms with Crippen molar-refractivity contribution in [1.29, 1.82) is 0 Å². The largest absolute Gasteiger partial charge is 0.458 e. The van der Waals surface area contributed by atoms with Crippen LogP contribution in [-0.2, 0) is 40.3 Å². The minimum Gasteiger partial charge on any atom is -0.458 e. The van der Waals surface area contributed by atoms with Crippen LogP contribution in [0.4, 0.5) is 43.9 Å². The molecule has 2 saturated heterocycles. The van der Waals surface area contributed by atoms with Crippen molar-refractivity contribution in [2.24, 2.45) is 10.8 Å². The van der Waals surface area contributed by atoms with Crippen molar-refractivity contribution in [3.63, 3.8) is 0 Å². The third-order valence-electron chi connectivity index (χ3n) is 16.4. The van der Waals surface area contributed by atoms with Crippen molar-refractivity contribution in [2.45, 2.75) is 78.7 Å². The van der Waals surface area contributed by atoms with E-state index in [-0.39, 0.29) is 140 Å². The molecule has 0 amide bonds. The first kappa shape index (κ1) is 64.1. The summed E-state index contributed by atoms with van der Waals surface area (Å²) in [7, 11) is 0. The number of hydrogen-bond acceptors (Lipinski definition) is 13. The standard InChI is InChI=1S/C66H50Cl2F10N8O7/c1-65(2)29-89-27-53(65)85-51-19-37(17-47(73)57(51)83-55(85)21-35-15-45(71)39(23-41(35)67)49-9-11-79-63(81-49)91-25-33-7-5-31(59(75)76)13-43(33)69)61(87)93-62(88)38-18-48(74)58-52(20-38)86(54-28-90-30-66(54,3)4)56(84-58)22-36-16-46(72)40(24-42(36)68)50-10-12-80-64(82-50)92-26-34-8-6-32(60(77)78)14-44(34)70/h5-20,23-24,53-54,59-60H,21-22,25-30H2,1-4H3. The van der Waals surface area contributed by atoms with E-state index in [9.17, 15) is 35.9 Å². The minimum atomic E-state index is -2.88. The Bertz CT molecular complexity index is 4340. The Labute approximate surface area is 532 Å². The first-order valence-electron chi connectivity index (χ1n) is 28.6. The molecule has 2 atom stereocenters. The lowest BCUT2D eigenvalue weighted by Crippen LogP contribution is -2.27. The van der Waals surface area contributed by atoms with E-state index in [4.69, 9.17) is 46.9 Å². The van der Waals surface area contributed by atoms with E-state index in [1.165, 1.54) is 48.8 Å². The lowest BCUT2D eigenvalue weighted by atomic mass is 9.87. The van der Waals surface area contributed by atoms with Gasteiger partial charge in [-0.15, -0.1) is 0 Å². The molecule has 2 fully saturated rings. The van der Waals surface area contributed by atoms with Crippen LogP contribution in [0.25, 0.3) is 44.6 Å². The summed E-state index contributed by atoms with van der Waals surface area (Å²) in [5, 5.41) is 0.0866. The Morgan fingerprint density at radius 1 is 0.527 bits per heavy atom. The molecule has 12 rings (SSSR count). The van der Waals surface area contributed by atoms with Crippen LogP contribution in [0.5, 0.6) is 12.0 Å². The van der Waals surface area contributed by atoms with Crippen LogP contribution < -0.4 is 9.47 Å². The molecule has 27 heteroatoms. The molecule has 0 spiro atoms. The van der Waals surface area contributed by atoms with Gasteiger partial charge < -0.3 is 32.8 Å². The van der Waals surface area contributed by atoms with E-state index in [0.717, 1.165) is 48.5 Å². The molecular formula is C66H50Cl2F10N8O7. The maximum atomic E-state index is 16.5. The second-order valence-corrected chi connectivity index (χ2v) is 24.5. The van der Waals surface area contributed by atoms with Crippen molar-refractivity contribution in [2.75, 3.05) is 26.4 Å². The summed E-state index contributed by atoms with van der Waals surface area (Å²) in [5.41, 5.74) is -3.11. The average Bonchev–Trinajstić information content (AvgIpc) is 1.61. The monoisotopic (exact) mass is 1330 g/mol. The second kappa shape index (κ2) is 25.5. The molecule has 0 saturated carbocycles. The number of ether oxygens (including phenoxy) is 5. The van der Waals surface area contributed by atoms with Gasteiger partial charge in [0.1, 0.15) is 59.2 Å². The third kappa shape index (κ3) is 12.9. The highest BCUT2D eigenvalue weighted by Crippen LogP contribution is 2.44. The van der Waals surface area contributed by atoms with Crippen LogP contribution >= 0.6 is 23.2 Å². The molecule has 0 bridgehead atoms. The van der Waals surface area contributed by atoms with Crippen LogP contribution in [0, 0.1) is 45.7 Å². The Balaban J connectivity index is 0.801. The Morgan fingerprint density at radius 2 is 0.935 bits per heavy atom. The number of halogens is 12. The van der Waals surface area contributed by atoms with Crippen LogP contribution in [0.2, 0.25) is 10.0 Å². The number of esters is 2. The zero-order chi connectivity index (χ0) is 65.9. The average molecular weight is 1330 g/mol. The van der Waals surface area contributed by atoms with Crippen LogP contribution in [0.15, 0.2) is 109 Å². The van der Waals surface area contributed by atoms with E-state index in [0.29, 0.717) is 12.1 Å². The number of carbonyl (C=O) groups excluding carboxylic acids is 2. The first-order valence-corrected chi connectivity index (χ1v) is 29.4. The highest BCUT2D eigenvalue weighted by atomic mass is 35.5. The molecule has 4 aromatic heterocycles. The molecular weight excluding hydrogens is 1280 g/mol. The molecule has 93 heavy (non-hydrogen) atoms.